The Morgan fingerprint density at radius 3 is 3.33 bits per heavy atom. The topological polar surface area (TPSA) is 77.2 Å². The number of hydrogen-bond donors (Lipinski definition) is 2. The summed E-state index contributed by atoms with van der Waals surface area (Å²) in [5.74, 6) is -0.213. The van der Waals surface area contributed by atoms with Gasteiger partial charge in [0.2, 0.25) is 0 Å². The highest BCUT2D eigenvalue weighted by molar-refractivity contribution is 7.15. The first-order chi connectivity index (χ1) is 7.20. The molecule has 0 saturated carbocycles. The second-order valence-electron chi connectivity index (χ2n) is 3.31. The van der Waals surface area contributed by atoms with Crippen molar-refractivity contribution in [2.24, 2.45) is 0 Å². The van der Waals surface area contributed by atoms with Gasteiger partial charge in [-0.1, -0.05) is 0 Å². The molecule has 15 heavy (non-hydrogen) atoms. The van der Waals surface area contributed by atoms with Crippen molar-refractivity contribution >= 4 is 22.4 Å². The van der Waals surface area contributed by atoms with Crippen LogP contribution >= 0.6 is 11.3 Å². The van der Waals surface area contributed by atoms with Crippen molar-refractivity contribution in [1.29, 1.82) is 0 Å². The van der Waals surface area contributed by atoms with Crippen molar-refractivity contribution in [2.45, 2.75) is 25.9 Å². The van der Waals surface area contributed by atoms with Gasteiger partial charge in [0.15, 0.2) is 5.13 Å². The van der Waals surface area contributed by atoms with Crippen LogP contribution in [0.3, 0.4) is 0 Å². The molecule has 0 saturated heterocycles. The first-order valence-corrected chi connectivity index (χ1v) is 5.66. The lowest BCUT2D eigenvalue weighted by Crippen LogP contribution is -2.42. The monoisotopic (exact) mass is 227 g/mol. The fraction of sp³-hybridized carbons (Fsp3) is 0.556. The molecule has 0 aliphatic carbocycles. The normalized spacial score (nSPS) is 19.7. The Morgan fingerprint density at radius 1 is 1.80 bits per heavy atom. The molecule has 0 aromatic carbocycles. The molecule has 0 spiro atoms. The van der Waals surface area contributed by atoms with Gasteiger partial charge in [-0.05, 0) is 6.92 Å². The van der Waals surface area contributed by atoms with E-state index in [1.54, 1.807) is 6.92 Å². The molecule has 1 atom stereocenters. The number of hydrogen-bond acceptors (Lipinski definition) is 6. The van der Waals surface area contributed by atoms with Crippen LogP contribution < -0.4 is 11.1 Å². The Kier molecular flexibility index (Phi) is 2.88. The molecule has 0 radical (unpaired) electrons. The van der Waals surface area contributed by atoms with Gasteiger partial charge < -0.3 is 10.5 Å². The largest absolute Gasteiger partial charge is 0.465 e. The maximum atomic E-state index is 11.5. The maximum absolute atomic E-state index is 11.5. The van der Waals surface area contributed by atoms with E-state index in [1.807, 2.05) is 0 Å². The zero-order valence-corrected chi connectivity index (χ0v) is 9.26. The number of nitrogens with one attached hydrogen (secondary N) is 1. The van der Waals surface area contributed by atoms with Crippen LogP contribution in [0.5, 0.6) is 0 Å². The van der Waals surface area contributed by atoms with E-state index in [-0.39, 0.29) is 12.0 Å². The van der Waals surface area contributed by atoms with Gasteiger partial charge >= 0.3 is 5.97 Å². The molecule has 1 aromatic rings. The second-order valence-corrected chi connectivity index (χ2v) is 4.43. The number of rotatable bonds is 2. The van der Waals surface area contributed by atoms with E-state index in [0.717, 1.165) is 10.6 Å². The average molecular weight is 227 g/mol. The molecular weight excluding hydrogens is 214 g/mol. The minimum Gasteiger partial charge on any atom is -0.465 e. The van der Waals surface area contributed by atoms with Gasteiger partial charge in [0, 0.05) is 17.8 Å². The molecule has 0 fully saturated rings. The van der Waals surface area contributed by atoms with E-state index in [2.05, 4.69) is 10.3 Å². The van der Waals surface area contributed by atoms with Gasteiger partial charge in [0.05, 0.1) is 12.3 Å². The summed E-state index contributed by atoms with van der Waals surface area (Å²) in [7, 11) is 0. The predicted molar refractivity (Wildman–Crippen MR) is 57.5 cm³/mol. The summed E-state index contributed by atoms with van der Waals surface area (Å²) >= 11 is 1.47. The Labute approximate surface area is 91.6 Å². The molecular formula is C9H13N3O2S. The second kappa shape index (κ2) is 4.16. The van der Waals surface area contributed by atoms with E-state index < -0.39 is 0 Å². The number of fused-ring (bicyclic) bond motifs is 1. The van der Waals surface area contributed by atoms with Gasteiger partial charge in [-0.3, -0.25) is 10.1 Å². The van der Waals surface area contributed by atoms with Crippen molar-refractivity contribution in [2.75, 3.05) is 12.3 Å². The molecule has 2 rings (SSSR count). The lowest BCUT2D eigenvalue weighted by molar-refractivity contribution is -0.145. The third-order valence-electron chi connectivity index (χ3n) is 2.27. The Balaban J connectivity index is 2.08. The Bertz CT molecular complexity index is 377. The minimum atomic E-state index is -0.279. The minimum absolute atomic E-state index is 0.213. The smallest absolute Gasteiger partial charge is 0.323 e. The molecule has 1 unspecified atom stereocenters. The molecule has 0 amide bonds. The number of aromatic nitrogens is 1. The molecule has 6 heteroatoms. The summed E-state index contributed by atoms with van der Waals surface area (Å²) in [6, 6.07) is -0.279. The van der Waals surface area contributed by atoms with Crippen molar-refractivity contribution in [3.05, 3.63) is 10.6 Å². The SMILES string of the molecule is CCOC(=O)C1Cc2nc(N)sc2CN1. The number of nitrogens with two attached hydrogens (primary N) is 1. The van der Waals surface area contributed by atoms with Crippen LogP contribution in [0.25, 0.3) is 0 Å². The molecule has 1 aliphatic heterocycles. The molecule has 1 aliphatic rings. The lowest BCUT2D eigenvalue weighted by Gasteiger charge is -2.20. The van der Waals surface area contributed by atoms with Gasteiger partial charge in [-0.15, -0.1) is 11.3 Å². The number of nitrogen functional groups attached to an aromatic ring is 1. The number of thiazole rings is 1. The third kappa shape index (κ3) is 2.10. The quantitative estimate of drug-likeness (QED) is 0.711. The van der Waals surface area contributed by atoms with Crippen molar-refractivity contribution in [3.8, 4) is 0 Å². The van der Waals surface area contributed by atoms with E-state index >= 15 is 0 Å². The molecule has 2 heterocycles. The highest BCUT2D eigenvalue weighted by Gasteiger charge is 2.27. The first-order valence-electron chi connectivity index (χ1n) is 4.84. The molecule has 5 nitrogen and oxygen atoms in total. The highest BCUT2D eigenvalue weighted by Crippen LogP contribution is 2.24. The van der Waals surface area contributed by atoms with Crippen molar-refractivity contribution in [1.82, 2.24) is 10.3 Å². The molecule has 0 bridgehead atoms. The fourth-order valence-electron chi connectivity index (χ4n) is 1.59. The van der Waals surface area contributed by atoms with E-state index in [4.69, 9.17) is 10.5 Å². The summed E-state index contributed by atoms with van der Waals surface area (Å²) in [6.07, 6.45) is 0.571. The predicted octanol–water partition coefficient (Wildman–Crippen LogP) is 0.303. The van der Waals surface area contributed by atoms with Crippen LogP contribution in [0.15, 0.2) is 0 Å². The van der Waals surface area contributed by atoms with Gasteiger partial charge in [-0.25, -0.2) is 4.98 Å². The van der Waals surface area contributed by atoms with Gasteiger partial charge in [0.1, 0.15) is 6.04 Å². The standard InChI is InChI=1S/C9H13N3O2S/c1-2-14-8(13)6-3-5-7(4-11-6)15-9(10)12-5/h6,11H,2-4H2,1H3,(H2,10,12). The van der Waals surface area contributed by atoms with Gasteiger partial charge in [0.25, 0.3) is 0 Å². The first kappa shape index (κ1) is 10.4. The van der Waals surface area contributed by atoms with Crippen molar-refractivity contribution < 1.29 is 9.53 Å². The van der Waals surface area contributed by atoms with Crippen LogP contribution in [-0.2, 0) is 22.5 Å². The number of nitrogens with zero attached hydrogens (tertiary/aromatic N) is 1. The summed E-state index contributed by atoms with van der Waals surface area (Å²) in [5, 5.41) is 3.67. The van der Waals surface area contributed by atoms with Gasteiger partial charge in [-0.2, -0.15) is 0 Å². The fourth-order valence-corrected chi connectivity index (χ4v) is 2.40. The Hall–Kier alpha value is -1.14. The Morgan fingerprint density at radius 2 is 2.60 bits per heavy atom. The summed E-state index contributed by atoms with van der Waals surface area (Å²) < 4.78 is 4.95. The van der Waals surface area contributed by atoms with Crippen LogP contribution in [0.1, 0.15) is 17.5 Å². The highest BCUT2D eigenvalue weighted by atomic mass is 32.1. The number of carbonyl (C=O) groups excluding carboxylic acids is 1. The molecule has 3 N–H and O–H groups in total. The maximum Gasteiger partial charge on any atom is 0.323 e. The van der Waals surface area contributed by atoms with Crippen LogP contribution in [-0.4, -0.2) is 23.6 Å². The third-order valence-corrected chi connectivity index (χ3v) is 3.20. The number of anilines is 1. The zero-order chi connectivity index (χ0) is 10.8. The van der Waals surface area contributed by atoms with Crippen LogP contribution in [0.2, 0.25) is 0 Å². The van der Waals surface area contributed by atoms with Crippen LogP contribution in [0.4, 0.5) is 5.13 Å². The molecule has 82 valence electrons. The van der Waals surface area contributed by atoms with E-state index in [0.29, 0.717) is 24.7 Å². The van der Waals surface area contributed by atoms with Crippen LogP contribution in [0, 0.1) is 0 Å². The van der Waals surface area contributed by atoms with E-state index in [9.17, 15) is 4.79 Å². The number of ether oxygens (including phenoxy) is 1. The average Bonchev–Trinajstić information content (AvgIpc) is 2.57. The summed E-state index contributed by atoms with van der Waals surface area (Å²) in [5.41, 5.74) is 6.53. The molecule has 1 aromatic heterocycles. The lowest BCUT2D eigenvalue weighted by atomic mass is 10.1. The summed E-state index contributed by atoms with van der Waals surface area (Å²) in [4.78, 5) is 16.8. The van der Waals surface area contributed by atoms with E-state index in [1.165, 1.54) is 11.3 Å². The summed E-state index contributed by atoms with van der Waals surface area (Å²) in [6.45, 7) is 2.85. The number of carbonyl (C=O) groups is 1. The number of esters is 1. The zero-order valence-electron chi connectivity index (χ0n) is 8.45. The van der Waals surface area contributed by atoms with Crippen molar-refractivity contribution in [3.63, 3.8) is 0 Å².